The minimum atomic E-state index is -1.21. The number of thiazole rings is 1. The van der Waals surface area contributed by atoms with E-state index >= 15 is 0 Å². The first kappa shape index (κ1) is 22.1. The zero-order valence-electron chi connectivity index (χ0n) is 16.0. The van der Waals surface area contributed by atoms with Gasteiger partial charge in [0.15, 0.2) is 3.95 Å². The van der Waals surface area contributed by atoms with Crippen LogP contribution in [0.5, 0.6) is 5.88 Å². The fourth-order valence-corrected chi connectivity index (χ4v) is 3.83. The van der Waals surface area contributed by atoms with Crippen molar-refractivity contribution in [1.29, 1.82) is 0 Å². The second kappa shape index (κ2) is 9.81. The molecule has 1 saturated heterocycles. The number of aromatic nitrogens is 1. The molecule has 152 valence electrons. The highest BCUT2D eigenvalue weighted by Gasteiger charge is 2.41. The maximum Gasteiger partial charge on any atom is 0.348 e. The number of cyclic esters (lactones) is 2. The molecule has 1 aromatic rings. The topological polar surface area (TPSA) is 87.0 Å². The van der Waals surface area contributed by atoms with Gasteiger partial charge in [-0.1, -0.05) is 25.2 Å². The third-order valence-electron chi connectivity index (χ3n) is 3.91. The fraction of sp³-hybridized carbons (Fsp3) is 0.421. The van der Waals surface area contributed by atoms with Crippen molar-refractivity contribution in [1.82, 2.24) is 4.57 Å². The lowest BCUT2D eigenvalue weighted by molar-refractivity contribution is -0.230. The van der Waals surface area contributed by atoms with Gasteiger partial charge in [0.2, 0.25) is 5.88 Å². The lowest BCUT2D eigenvalue weighted by Crippen LogP contribution is -2.44. The monoisotopic (exact) mass is 425 g/mol. The summed E-state index contributed by atoms with van der Waals surface area (Å²) in [7, 11) is 1.58. The van der Waals surface area contributed by atoms with Crippen LogP contribution < -0.4 is 0 Å². The Labute approximate surface area is 172 Å². The Morgan fingerprint density at radius 2 is 1.93 bits per heavy atom. The first-order valence-electron chi connectivity index (χ1n) is 8.74. The molecule has 0 saturated carbocycles. The molecule has 0 aliphatic carbocycles. The number of carbonyl (C=O) groups is 2. The van der Waals surface area contributed by atoms with E-state index in [0.717, 1.165) is 0 Å². The molecule has 0 aromatic carbocycles. The van der Waals surface area contributed by atoms with Crippen LogP contribution in [0.3, 0.4) is 0 Å². The van der Waals surface area contributed by atoms with Crippen LogP contribution in [0.4, 0.5) is 0 Å². The summed E-state index contributed by atoms with van der Waals surface area (Å²) in [5.41, 5.74) is -0.164. The van der Waals surface area contributed by atoms with Crippen molar-refractivity contribution in [2.45, 2.75) is 39.0 Å². The number of allylic oxidation sites excluding steroid dienone is 4. The highest BCUT2D eigenvalue weighted by atomic mass is 32.1. The molecule has 1 N–H and O–H groups in total. The summed E-state index contributed by atoms with van der Waals surface area (Å²) in [5, 5.41) is 10.2. The number of methoxy groups -OCH3 is 1. The number of hydrogen-bond acceptors (Lipinski definition) is 8. The van der Waals surface area contributed by atoms with E-state index in [0.29, 0.717) is 34.8 Å². The van der Waals surface area contributed by atoms with Gasteiger partial charge in [0.1, 0.15) is 5.57 Å². The molecule has 2 heterocycles. The maximum absolute atomic E-state index is 12.1. The molecule has 1 fully saturated rings. The second-order valence-corrected chi connectivity index (χ2v) is 7.86. The predicted molar refractivity (Wildman–Crippen MR) is 108 cm³/mol. The molecule has 9 heteroatoms. The highest BCUT2D eigenvalue weighted by molar-refractivity contribution is 7.73. The number of rotatable bonds is 8. The van der Waals surface area contributed by atoms with Gasteiger partial charge in [-0.25, -0.2) is 9.59 Å². The van der Waals surface area contributed by atoms with Crippen LogP contribution >= 0.6 is 23.6 Å². The Hall–Kier alpha value is -2.23. The van der Waals surface area contributed by atoms with E-state index in [1.807, 2.05) is 6.92 Å². The van der Waals surface area contributed by atoms with Crippen molar-refractivity contribution < 1.29 is 28.9 Å². The predicted octanol–water partition coefficient (Wildman–Crippen LogP) is 3.74. The molecule has 7 nitrogen and oxygen atoms in total. The van der Waals surface area contributed by atoms with Crippen LogP contribution in [0.15, 0.2) is 29.9 Å². The van der Waals surface area contributed by atoms with Gasteiger partial charge < -0.3 is 19.3 Å². The summed E-state index contributed by atoms with van der Waals surface area (Å²) in [6, 6.07) is 0. The summed E-state index contributed by atoms with van der Waals surface area (Å²) < 4.78 is 17.6. The normalized spacial score (nSPS) is 20.0. The summed E-state index contributed by atoms with van der Waals surface area (Å²) in [6.07, 6.45) is 8.99. The SMILES string of the molecule is CCCC1(C)OC(=O)C(=C/C=C/C=C/c2sc(=S)n(CCOC)c2O)C(=O)O1. The molecule has 1 aliphatic heterocycles. The number of esters is 2. The summed E-state index contributed by atoms with van der Waals surface area (Å²) in [6.45, 7) is 4.39. The Balaban J connectivity index is 2.04. The van der Waals surface area contributed by atoms with Crippen molar-refractivity contribution in [2.75, 3.05) is 13.7 Å². The number of aromatic hydroxyl groups is 1. The van der Waals surface area contributed by atoms with Crippen molar-refractivity contribution in [3.8, 4) is 5.88 Å². The molecule has 1 aliphatic rings. The number of nitrogens with zero attached hydrogens (tertiary/aromatic N) is 1. The Kier molecular flexibility index (Phi) is 7.73. The number of hydrogen-bond donors (Lipinski definition) is 1. The van der Waals surface area contributed by atoms with Gasteiger partial charge in [0.25, 0.3) is 5.79 Å². The lowest BCUT2D eigenvalue weighted by Gasteiger charge is -2.32. The Bertz CT molecular complexity index is 857. The Morgan fingerprint density at radius 3 is 2.54 bits per heavy atom. The molecule has 1 aromatic heterocycles. The van der Waals surface area contributed by atoms with E-state index in [-0.39, 0.29) is 11.5 Å². The summed E-state index contributed by atoms with van der Waals surface area (Å²) >= 11 is 6.50. The van der Waals surface area contributed by atoms with Gasteiger partial charge >= 0.3 is 11.9 Å². The van der Waals surface area contributed by atoms with Crippen LogP contribution in [0.2, 0.25) is 0 Å². The molecular weight excluding hydrogens is 402 g/mol. The van der Waals surface area contributed by atoms with Gasteiger partial charge in [-0.15, -0.1) is 11.3 Å². The first-order valence-corrected chi connectivity index (χ1v) is 9.97. The minimum absolute atomic E-state index is 0.0738. The van der Waals surface area contributed by atoms with Crippen LogP contribution in [0, 0.1) is 3.95 Å². The van der Waals surface area contributed by atoms with Gasteiger partial charge in [-0.2, -0.15) is 0 Å². The molecule has 2 rings (SSSR count). The first-order chi connectivity index (χ1) is 13.3. The van der Waals surface area contributed by atoms with Crippen LogP contribution in [-0.4, -0.2) is 41.1 Å². The van der Waals surface area contributed by atoms with E-state index in [2.05, 4.69) is 0 Å². The fourth-order valence-electron chi connectivity index (χ4n) is 2.56. The zero-order valence-corrected chi connectivity index (χ0v) is 17.6. The van der Waals surface area contributed by atoms with Gasteiger partial charge in [-0.05, 0) is 30.8 Å². The highest BCUT2D eigenvalue weighted by Crippen LogP contribution is 2.28. The lowest BCUT2D eigenvalue weighted by atomic mass is 10.1. The molecule has 28 heavy (non-hydrogen) atoms. The quantitative estimate of drug-likeness (QED) is 0.223. The van der Waals surface area contributed by atoms with Crippen LogP contribution in [-0.2, 0) is 30.3 Å². The average molecular weight is 426 g/mol. The second-order valence-electron chi connectivity index (χ2n) is 6.19. The van der Waals surface area contributed by atoms with Crippen molar-refractivity contribution in [2.24, 2.45) is 0 Å². The molecule has 0 atom stereocenters. The molecule has 0 bridgehead atoms. The van der Waals surface area contributed by atoms with E-state index in [4.69, 9.17) is 26.4 Å². The van der Waals surface area contributed by atoms with E-state index in [1.165, 1.54) is 23.5 Å². The summed E-state index contributed by atoms with van der Waals surface area (Å²) in [5.74, 6) is -2.54. The molecule has 0 unspecified atom stereocenters. The van der Waals surface area contributed by atoms with Crippen LogP contribution in [0.1, 0.15) is 31.6 Å². The van der Waals surface area contributed by atoms with Crippen molar-refractivity contribution in [3.63, 3.8) is 0 Å². The van der Waals surface area contributed by atoms with Crippen LogP contribution in [0.25, 0.3) is 6.08 Å². The van der Waals surface area contributed by atoms with E-state index < -0.39 is 17.7 Å². The van der Waals surface area contributed by atoms with Gasteiger partial charge in [0.05, 0.1) is 18.0 Å². The van der Waals surface area contributed by atoms with E-state index in [1.54, 1.807) is 36.8 Å². The molecule has 0 amide bonds. The largest absolute Gasteiger partial charge is 0.493 e. The maximum atomic E-state index is 12.1. The third-order valence-corrected chi connectivity index (χ3v) is 5.31. The van der Waals surface area contributed by atoms with Gasteiger partial charge in [-0.3, -0.25) is 4.57 Å². The molecule has 0 radical (unpaired) electrons. The average Bonchev–Trinajstić information content (AvgIpc) is 2.88. The Morgan fingerprint density at radius 1 is 1.25 bits per heavy atom. The zero-order chi connectivity index (χ0) is 20.7. The smallest absolute Gasteiger partial charge is 0.348 e. The van der Waals surface area contributed by atoms with Crippen molar-refractivity contribution >= 4 is 41.6 Å². The third kappa shape index (κ3) is 5.40. The van der Waals surface area contributed by atoms with Crippen molar-refractivity contribution in [3.05, 3.63) is 38.7 Å². The minimum Gasteiger partial charge on any atom is -0.493 e. The van der Waals surface area contributed by atoms with E-state index in [9.17, 15) is 14.7 Å². The number of ether oxygens (including phenoxy) is 3. The summed E-state index contributed by atoms with van der Waals surface area (Å²) in [4.78, 5) is 24.7. The molecular formula is C19H23NO6S2. The van der Waals surface area contributed by atoms with Gasteiger partial charge in [0, 0.05) is 20.5 Å². The molecule has 0 spiro atoms. The number of carbonyl (C=O) groups excluding carboxylic acids is 2. The standard InChI is InChI=1S/C19H23NO6S2/c1-4-10-19(2)25-16(22)13(17(23)26-19)8-6-5-7-9-14-15(21)20(11-12-24-3)18(27)28-14/h5-9,21H,4,10-12H2,1-3H3/b6-5+,9-7+,13-8?.